The summed E-state index contributed by atoms with van der Waals surface area (Å²) in [4.78, 5) is 15.8. The maximum Gasteiger partial charge on any atom is 0.244 e. The molecule has 130 valence electrons. The predicted octanol–water partition coefficient (Wildman–Crippen LogP) is 4.34. The van der Waals surface area contributed by atoms with E-state index in [2.05, 4.69) is 10.3 Å². The first-order chi connectivity index (χ1) is 12.7. The third kappa shape index (κ3) is 5.01. The van der Waals surface area contributed by atoms with E-state index in [-0.39, 0.29) is 18.2 Å². The Balaban J connectivity index is 1.56. The standard InChI is InChI=1S/C21H17FN2O2/c22-19-13-17(8-10-20(19)26-18-7-4-12-23-15-18)14-24-21(25)11-9-16-5-2-1-3-6-16/h1-13,15H,14H2,(H,24,25). The van der Waals surface area contributed by atoms with Crippen molar-refractivity contribution in [3.05, 3.63) is 96.1 Å². The van der Waals surface area contributed by atoms with Crippen molar-refractivity contribution in [2.75, 3.05) is 0 Å². The summed E-state index contributed by atoms with van der Waals surface area (Å²) >= 11 is 0. The summed E-state index contributed by atoms with van der Waals surface area (Å²) in [6.45, 7) is 0.224. The highest BCUT2D eigenvalue weighted by molar-refractivity contribution is 5.91. The molecule has 1 aromatic heterocycles. The van der Waals surface area contributed by atoms with E-state index in [1.807, 2.05) is 30.3 Å². The van der Waals surface area contributed by atoms with Crippen molar-refractivity contribution in [3.63, 3.8) is 0 Å². The summed E-state index contributed by atoms with van der Waals surface area (Å²) in [6.07, 6.45) is 6.29. The lowest BCUT2D eigenvalue weighted by Gasteiger charge is -2.08. The number of aromatic nitrogens is 1. The summed E-state index contributed by atoms with van der Waals surface area (Å²) in [5, 5.41) is 2.72. The van der Waals surface area contributed by atoms with Crippen molar-refractivity contribution in [2.45, 2.75) is 6.54 Å². The summed E-state index contributed by atoms with van der Waals surface area (Å²) in [7, 11) is 0. The molecule has 4 nitrogen and oxygen atoms in total. The molecule has 3 aromatic rings. The first-order valence-electron chi connectivity index (χ1n) is 8.08. The van der Waals surface area contributed by atoms with Crippen LogP contribution in [0.4, 0.5) is 4.39 Å². The fourth-order valence-electron chi connectivity index (χ4n) is 2.26. The molecule has 0 bridgehead atoms. The second-order valence-corrected chi connectivity index (χ2v) is 5.52. The molecule has 0 aliphatic heterocycles. The van der Waals surface area contributed by atoms with Gasteiger partial charge in [0.2, 0.25) is 5.91 Å². The monoisotopic (exact) mass is 348 g/mol. The largest absolute Gasteiger partial charge is 0.453 e. The molecule has 2 aromatic carbocycles. The third-order valence-electron chi connectivity index (χ3n) is 3.55. The SMILES string of the molecule is O=C(C=Cc1ccccc1)NCc1ccc(Oc2cccnc2)c(F)c1. The van der Waals surface area contributed by atoms with Gasteiger partial charge in [-0.05, 0) is 41.5 Å². The molecule has 3 rings (SSSR count). The zero-order chi connectivity index (χ0) is 18.2. The average Bonchev–Trinajstić information content (AvgIpc) is 2.68. The van der Waals surface area contributed by atoms with Crippen LogP contribution in [0.25, 0.3) is 6.08 Å². The number of halogens is 1. The van der Waals surface area contributed by atoms with Crippen LogP contribution >= 0.6 is 0 Å². The van der Waals surface area contributed by atoms with Crippen molar-refractivity contribution in [1.29, 1.82) is 0 Å². The number of nitrogens with zero attached hydrogens (tertiary/aromatic N) is 1. The number of hydrogen-bond acceptors (Lipinski definition) is 3. The summed E-state index contributed by atoms with van der Waals surface area (Å²) in [6, 6.07) is 17.5. The highest BCUT2D eigenvalue weighted by Crippen LogP contribution is 2.24. The molecule has 0 fully saturated rings. The van der Waals surface area contributed by atoms with Gasteiger partial charge in [-0.2, -0.15) is 0 Å². The van der Waals surface area contributed by atoms with E-state index in [9.17, 15) is 9.18 Å². The van der Waals surface area contributed by atoms with Crippen LogP contribution in [0, 0.1) is 5.82 Å². The van der Waals surface area contributed by atoms with Gasteiger partial charge in [-0.15, -0.1) is 0 Å². The number of pyridine rings is 1. The number of nitrogens with one attached hydrogen (secondary N) is 1. The van der Waals surface area contributed by atoms with Gasteiger partial charge < -0.3 is 10.1 Å². The van der Waals surface area contributed by atoms with Crippen molar-refractivity contribution >= 4 is 12.0 Å². The molecule has 0 aliphatic rings. The molecular weight excluding hydrogens is 331 g/mol. The number of benzene rings is 2. The lowest BCUT2D eigenvalue weighted by molar-refractivity contribution is -0.116. The topological polar surface area (TPSA) is 51.2 Å². The number of amides is 1. The molecule has 1 amide bonds. The minimum atomic E-state index is -0.500. The van der Waals surface area contributed by atoms with Gasteiger partial charge >= 0.3 is 0 Å². The molecule has 0 atom stereocenters. The maximum absolute atomic E-state index is 14.2. The maximum atomic E-state index is 14.2. The van der Waals surface area contributed by atoms with E-state index in [1.54, 1.807) is 30.5 Å². The number of rotatable bonds is 6. The van der Waals surface area contributed by atoms with E-state index in [1.165, 1.54) is 24.4 Å². The summed E-state index contributed by atoms with van der Waals surface area (Å²) < 4.78 is 19.6. The second-order valence-electron chi connectivity index (χ2n) is 5.52. The van der Waals surface area contributed by atoms with Crippen LogP contribution in [0.15, 0.2) is 79.1 Å². The molecule has 1 N–H and O–H groups in total. The van der Waals surface area contributed by atoms with Crippen LogP contribution in [-0.2, 0) is 11.3 Å². The van der Waals surface area contributed by atoms with Crippen LogP contribution in [0.5, 0.6) is 11.5 Å². The van der Waals surface area contributed by atoms with Crippen LogP contribution in [0.1, 0.15) is 11.1 Å². The highest BCUT2D eigenvalue weighted by atomic mass is 19.1. The Morgan fingerprint density at radius 3 is 2.69 bits per heavy atom. The molecule has 0 saturated heterocycles. The van der Waals surface area contributed by atoms with Crippen molar-refractivity contribution in [1.82, 2.24) is 10.3 Å². The lowest BCUT2D eigenvalue weighted by Crippen LogP contribution is -2.20. The van der Waals surface area contributed by atoms with E-state index in [0.717, 1.165) is 5.56 Å². The van der Waals surface area contributed by atoms with Gasteiger partial charge in [0, 0.05) is 18.8 Å². The Morgan fingerprint density at radius 1 is 1.12 bits per heavy atom. The average molecular weight is 348 g/mol. The number of ether oxygens (including phenoxy) is 1. The van der Waals surface area contributed by atoms with Gasteiger partial charge in [0.05, 0.1) is 6.20 Å². The molecule has 26 heavy (non-hydrogen) atoms. The zero-order valence-electron chi connectivity index (χ0n) is 13.9. The number of hydrogen-bond donors (Lipinski definition) is 1. The van der Waals surface area contributed by atoms with Crippen molar-refractivity contribution < 1.29 is 13.9 Å². The van der Waals surface area contributed by atoms with Gasteiger partial charge in [0.1, 0.15) is 5.75 Å². The Hall–Kier alpha value is -3.47. The minimum absolute atomic E-state index is 0.108. The minimum Gasteiger partial charge on any atom is -0.453 e. The van der Waals surface area contributed by atoms with Gasteiger partial charge in [-0.1, -0.05) is 36.4 Å². The first kappa shape index (κ1) is 17.4. The van der Waals surface area contributed by atoms with Crippen molar-refractivity contribution in [3.8, 4) is 11.5 Å². The van der Waals surface area contributed by atoms with Crippen LogP contribution in [0.3, 0.4) is 0 Å². The fourth-order valence-corrected chi connectivity index (χ4v) is 2.26. The number of carbonyl (C=O) groups is 1. The Morgan fingerprint density at radius 2 is 1.96 bits per heavy atom. The Bertz CT molecular complexity index is 896. The highest BCUT2D eigenvalue weighted by Gasteiger charge is 2.07. The van der Waals surface area contributed by atoms with E-state index in [0.29, 0.717) is 11.3 Å². The van der Waals surface area contributed by atoms with Gasteiger partial charge in [-0.3, -0.25) is 9.78 Å². The molecule has 0 aliphatic carbocycles. The zero-order valence-corrected chi connectivity index (χ0v) is 13.9. The molecule has 1 heterocycles. The molecule has 0 spiro atoms. The van der Waals surface area contributed by atoms with Crippen LogP contribution in [0.2, 0.25) is 0 Å². The second kappa shape index (κ2) is 8.58. The van der Waals surface area contributed by atoms with Gasteiger partial charge in [-0.25, -0.2) is 4.39 Å². The van der Waals surface area contributed by atoms with Crippen LogP contribution in [-0.4, -0.2) is 10.9 Å². The van der Waals surface area contributed by atoms with E-state index in [4.69, 9.17) is 4.74 Å². The van der Waals surface area contributed by atoms with Crippen molar-refractivity contribution in [2.24, 2.45) is 0 Å². The smallest absolute Gasteiger partial charge is 0.244 e. The van der Waals surface area contributed by atoms with Crippen LogP contribution < -0.4 is 10.1 Å². The third-order valence-corrected chi connectivity index (χ3v) is 3.55. The quantitative estimate of drug-likeness (QED) is 0.674. The van der Waals surface area contributed by atoms with Gasteiger partial charge in [0.25, 0.3) is 0 Å². The normalized spacial score (nSPS) is 10.7. The van der Waals surface area contributed by atoms with E-state index < -0.39 is 5.82 Å². The predicted molar refractivity (Wildman–Crippen MR) is 98.0 cm³/mol. The Labute approximate surface area is 151 Å². The summed E-state index contributed by atoms with van der Waals surface area (Å²) in [5.41, 5.74) is 1.58. The molecular formula is C21H17FN2O2. The molecule has 0 unspecified atom stereocenters. The lowest BCUT2D eigenvalue weighted by atomic mass is 10.2. The first-order valence-corrected chi connectivity index (χ1v) is 8.08. The summed E-state index contributed by atoms with van der Waals surface area (Å²) in [5.74, 6) is -0.180. The molecule has 5 heteroatoms. The fraction of sp³-hybridized carbons (Fsp3) is 0.0476. The number of carbonyl (C=O) groups excluding carboxylic acids is 1. The molecule has 0 saturated carbocycles. The van der Waals surface area contributed by atoms with E-state index >= 15 is 0 Å². The Kier molecular flexibility index (Phi) is 5.72. The molecule has 0 radical (unpaired) electrons. The van der Waals surface area contributed by atoms with Gasteiger partial charge in [0.15, 0.2) is 11.6 Å².